The first-order valence-corrected chi connectivity index (χ1v) is 20.5. The van der Waals surface area contributed by atoms with Gasteiger partial charge in [0.15, 0.2) is 13.9 Å². The molecule has 0 bridgehead atoms. The minimum absolute atomic E-state index is 0.443. The van der Waals surface area contributed by atoms with Gasteiger partial charge >= 0.3 is 0 Å². The molecule has 0 radical (unpaired) electrons. The van der Waals surface area contributed by atoms with Crippen LogP contribution < -0.4 is 25.5 Å². The number of hydrogen-bond acceptors (Lipinski definition) is 2. The largest absolute Gasteiger partial charge is 0.483 e. The lowest BCUT2D eigenvalue weighted by Gasteiger charge is -2.35. The molecule has 0 aliphatic carbocycles. The summed E-state index contributed by atoms with van der Waals surface area (Å²) in [4.78, 5) is 5.01. The molecule has 1 aromatic heterocycles. The van der Waals surface area contributed by atoms with Crippen LogP contribution >= 0.6 is 0 Å². The Balaban J connectivity index is 1.27. The van der Waals surface area contributed by atoms with E-state index in [1.165, 1.54) is 48.6 Å². The smallest absolute Gasteiger partial charge is 0.179 e. The van der Waals surface area contributed by atoms with Crippen LogP contribution in [0.2, 0.25) is 0 Å². The molecule has 0 saturated carbocycles. The van der Waals surface area contributed by atoms with Gasteiger partial charge in [-0.2, -0.15) is 0 Å². The van der Waals surface area contributed by atoms with E-state index in [2.05, 4.69) is 199 Å². The van der Waals surface area contributed by atoms with E-state index in [1.54, 1.807) is 0 Å². The molecule has 0 saturated heterocycles. The van der Waals surface area contributed by atoms with E-state index in [9.17, 15) is 0 Å². The van der Waals surface area contributed by atoms with Gasteiger partial charge in [0.25, 0.3) is 0 Å². The highest BCUT2D eigenvalue weighted by molar-refractivity contribution is 7.20. The number of benzene rings is 8. The van der Waals surface area contributed by atoms with E-state index in [0.717, 1.165) is 33.9 Å². The quantitative estimate of drug-likeness (QED) is 0.122. The summed E-state index contributed by atoms with van der Waals surface area (Å²) in [5.74, 6) is 1.79. The highest BCUT2D eigenvalue weighted by Crippen LogP contribution is 2.35. The van der Waals surface area contributed by atoms with E-state index in [1.807, 2.05) is 12.1 Å². The molecule has 0 atom stereocenters. The van der Waals surface area contributed by atoms with Gasteiger partial charge in [-0.15, -0.1) is 0 Å². The number of rotatable bonds is 7. The fourth-order valence-corrected chi connectivity index (χ4v) is 13.2. The van der Waals surface area contributed by atoms with Crippen LogP contribution in [-0.2, 0) is 6.61 Å². The topological polar surface area (TPSA) is 27.1 Å². The average Bonchev–Trinajstić information content (AvgIpc) is 3.64. The zero-order chi connectivity index (χ0) is 35.9. The Labute approximate surface area is 316 Å². The summed E-state index contributed by atoms with van der Waals surface area (Å²) in [7, 11) is -2.94. The van der Waals surface area contributed by atoms with Crippen molar-refractivity contribution >= 4 is 39.9 Å². The Morgan fingerprint density at radius 1 is 0.407 bits per heavy atom. The summed E-state index contributed by atoms with van der Waals surface area (Å²) in [5.41, 5.74) is 10.2. The van der Waals surface area contributed by atoms with Crippen molar-refractivity contribution in [2.45, 2.75) is 6.61 Å². The van der Waals surface area contributed by atoms with E-state index in [4.69, 9.17) is 9.72 Å². The normalized spacial score (nSPS) is 12.1. The van der Waals surface area contributed by atoms with Crippen molar-refractivity contribution in [3.8, 4) is 44.8 Å². The summed E-state index contributed by atoms with van der Waals surface area (Å²) >= 11 is 0. The van der Waals surface area contributed by atoms with Crippen molar-refractivity contribution in [1.29, 1.82) is 0 Å². The van der Waals surface area contributed by atoms with E-state index >= 15 is 0 Å². The first-order chi connectivity index (χ1) is 26.8. The molecular weight excluding hydrogens is 673 g/mol. The van der Waals surface area contributed by atoms with E-state index < -0.39 is 8.07 Å². The highest BCUT2D eigenvalue weighted by Gasteiger charge is 2.42. The monoisotopic (exact) mass is 708 g/mol. The Hall–Kier alpha value is -6.75. The standard InChI is InChI=1S/C50H36N2OSi/c1-5-16-36(17-6-1)38-20-15-25-44(31-38)54(42-21-9-3-10-22-42,43-23-11-4-12-24-43)45-32-40(37-18-7-2-8-19-37)30-41(33-45)39-28-29-46-48(34-39)52-47-26-13-14-27-49(47)53-35-50(52)51-46/h1-34H,35H2. The van der Waals surface area contributed by atoms with Gasteiger partial charge in [-0.3, -0.25) is 4.57 Å². The number of para-hydroxylation sites is 2. The van der Waals surface area contributed by atoms with Gasteiger partial charge in [-0.25, -0.2) is 4.98 Å². The molecule has 9 aromatic rings. The maximum absolute atomic E-state index is 6.10. The Kier molecular flexibility index (Phi) is 7.89. The molecule has 0 unspecified atom stereocenters. The van der Waals surface area contributed by atoms with Crippen molar-refractivity contribution in [1.82, 2.24) is 9.55 Å². The van der Waals surface area contributed by atoms with Crippen molar-refractivity contribution in [3.63, 3.8) is 0 Å². The molecule has 1 aliphatic rings. The predicted molar refractivity (Wildman–Crippen MR) is 225 cm³/mol. The molecule has 54 heavy (non-hydrogen) atoms. The second-order valence-electron chi connectivity index (χ2n) is 13.9. The molecule has 8 aromatic carbocycles. The Morgan fingerprint density at radius 3 is 1.61 bits per heavy atom. The lowest BCUT2D eigenvalue weighted by atomic mass is 9.98. The number of hydrogen-bond donors (Lipinski definition) is 0. The van der Waals surface area contributed by atoms with E-state index in [0.29, 0.717) is 6.61 Å². The van der Waals surface area contributed by atoms with Gasteiger partial charge in [-0.1, -0.05) is 176 Å². The first kappa shape index (κ1) is 31.9. The van der Waals surface area contributed by atoms with Crippen molar-refractivity contribution in [3.05, 3.63) is 212 Å². The third kappa shape index (κ3) is 5.39. The summed E-state index contributed by atoms with van der Waals surface area (Å²) in [6, 6.07) is 75.5. The average molecular weight is 709 g/mol. The maximum atomic E-state index is 6.10. The second kappa shape index (κ2) is 13.3. The molecule has 0 amide bonds. The van der Waals surface area contributed by atoms with Crippen LogP contribution in [0.15, 0.2) is 206 Å². The van der Waals surface area contributed by atoms with Gasteiger partial charge in [0, 0.05) is 0 Å². The third-order valence-electron chi connectivity index (χ3n) is 10.8. The van der Waals surface area contributed by atoms with Crippen LogP contribution in [0.3, 0.4) is 0 Å². The molecule has 2 heterocycles. The van der Waals surface area contributed by atoms with Crippen LogP contribution in [0.1, 0.15) is 5.82 Å². The fourth-order valence-electron chi connectivity index (χ4n) is 8.32. The second-order valence-corrected chi connectivity index (χ2v) is 17.7. The maximum Gasteiger partial charge on any atom is 0.179 e. The zero-order valence-corrected chi connectivity index (χ0v) is 30.6. The van der Waals surface area contributed by atoms with Gasteiger partial charge < -0.3 is 4.74 Å². The number of fused-ring (bicyclic) bond motifs is 5. The molecule has 256 valence electrons. The Bertz CT molecular complexity index is 2720. The van der Waals surface area contributed by atoms with Crippen LogP contribution in [0, 0.1) is 0 Å². The predicted octanol–water partition coefficient (Wildman–Crippen LogP) is 9.30. The summed E-state index contributed by atoms with van der Waals surface area (Å²) < 4.78 is 8.36. The summed E-state index contributed by atoms with van der Waals surface area (Å²) in [6.45, 7) is 0.443. The summed E-state index contributed by atoms with van der Waals surface area (Å²) in [5, 5.41) is 5.36. The number of imidazole rings is 1. The fraction of sp³-hybridized carbons (Fsp3) is 0.0200. The highest BCUT2D eigenvalue weighted by atomic mass is 28.3. The van der Waals surface area contributed by atoms with Crippen molar-refractivity contribution in [2.24, 2.45) is 0 Å². The third-order valence-corrected chi connectivity index (χ3v) is 15.5. The molecule has 4 heteroatoms. The van der Waals surface area contributed by atoms with Gasteiger partial charge in [0.2, 0.25) is 0 Å². The van der Waals surface area contributed by atoms with Crippen LogP contribution in [-0.4, -0.2) is 17.6 Å². The van der Waals surface area contributed by atoms with E-state index in [-0.39, 0.29) is 0 Å². The SMILES string of the molecule is c1ccc(-c2cccc([Si](c3ccccc3)(c3ccccc3)c3cc(-c4ccccc4)cc(-c4ccc5nc6n(c5c4)-c4ccccc4OC6)c3)c2)cc1. The molecule has 0 N–H and O–H groups in total. The minimum Gasteiger partial charge on any atom is -0.483 e. The molecular formula is C50H36N2OSi. The molecule has 1 aliphatic heterocycles. The number of aromatic nitrogens is 2. The molecule has 3 nitrogen and oxygen atoms in total. The summed E-state index contributed by atoms with van der Waals surface area (Å²) in [6.07, 6.45) is 0. The van der Waals surface area contributed by atoms with Gasteiger partial charge in [-0.05, 0) is 84.5 Å². The van der Waals surface area contributed by atoms with Crippen LogP contribution in [0.25, 0.3) is 50.1 Å². The van der Waals surface area contributed by atoms with Crippen LogP contribution in [0.5, 0.6) is 5.75 Å². The number of nitrogens with zero attached hydrogens (tertiary/aromatic N) is 2. The van der Waals surface area contributed by atoms with Crippen LogP contribution in [0.4, 0.5) is 0 Å². The lowest BCUT2D eigenvalue weighted by Crippen LogP contribution is -2.74. The molecule has 10 rings (SSSR count). The molecule has 0 fully saturated rings. The first-order valence-electron chi connectivity index (χ1n) is 18.5. The van der Waals surface area contributed by atoms with Crippen molar-refractivity contribution in [2.75, 3.05) is 0 Å². The van der Waals surface area contributed by atoms with Crippen molar-refractivity contribution < 1.29 is 4.74 Å². The Morgan fingerprint density at radius 2 is 0.926 bits per heavy atom. The molecule has 0 spiro atoms. The lowest BCUT2D eigenvalue weighted by molar-refractivity contribution is 0.280. The number of ether oxygens (including phenoxy) is 1. The van der Waals surface area contributed by atoms with Gasteiger partial charge in [0.1, 0.15) is 12.4 Å². The minimum atomic E-state index is -2.94. The van der Waals surface area contributed by atoms with Gasteiger partial charge in [0.05, 0.1) is 16.7 Å². The zero-order valence-electron chi connectivity index (χ0n) is 29.6.